The number of amides is 3. The number of carbonyl (C=O) groups excluding carboxylic acids is 3. The van der Waals surface area contributed by atoms with Gasteiger partial charge in [-0.2, -0.15) is 0 Å². The van der Waals surface area contributed by atoms with Crippen molar-refractivity contribution in [2.45, 2.75) is 44.9 Å². The van der Waals surface area contributed by atoms with E-state index in [4.69, 9.17) is 4.74 Å². The first-order valence-corrected chi connectivity index (χ1v) is 11.0. The molecule has 4 aliphatic carbocycles. The Morgan fingerprint density at radius 2 is 1.57 bits per heavy atom. The number of anilines is 1. The van der Waals surface area contributed by atoms with Gasteiger partial charge in [-0.1, -0.05) is 18.2 Å². The molecule has 4 fully saturated rings. The van der Waals surface area contributed by atoms with Crippen LogP contribution in [0.2, 0.25) is 0 Å². The van der Waals surface area contributed by atoms with Gasteiger partial charge in [0, 0.05) is 18.8 Å². The van der Waals surface area contributed by atoms with Crippen LogP contribution in [0.15, 0.2) is 30.3 Å². The third kappa shape index (κ3) is 5.32. The van der Waals surface area contributed by atoms with Crippen molar-refractivity contribution in [2.24, 2.45) is 23.2 Å². The van der Waals surface area contributed by atoms with E-state index in [9.17, 15) is 14.4 Å². The van der Waals surface area contributed by atoms with Crippen molar-refractivity contribution in [3.8, 4) is 0 Å². The van der Waals surface area contributed by atoms with Crippen molar-refractivity contribution in [3.63, 3.8) is 0 Å². The van der Waals surface area contributed by atoms with E-state index in [1.165, 1.54) is 38.5 Å². The Labute approximate surface area is 177 Å². The number of para-hydroxylation sites is 1. The Kier molecular flexibility index (Phi) is 6.25. The number of hydrogen-bond acceptors (Lipinski definition) is 4. The van der Waals surface area contributed by atoms with E-state index >= 15 is 0 Å². The lowest BCUT2D eigenvalue weighted by Crippen LogP contribution is -2.51. The molecule has 0 unspecified atom stereocenters. The number of nitrogens with one attached hydrogen (secondary N) is 3. The number of rotatable bonds is 8. The standard InChI is InChI=1S/C23H31N3O4/c27-20(25-15-23-11-16-8-17(12-23)10-18(9-16)13-23)14-30-21(28)6-7-24-22(29)26-19-4-2-1-3-5-19/h1-5,16-18H,6-15H2,(H,25,27)(H2,24,26,29). The van der Waals surface area contributed by atoms with Crippen molar-refractivity contribution in [2.75, 3.05) is 25.0 Å². The Balaban J connectivity index is 1.09. The van der Waals surface area contributed by atoms with Gasteiger partial charge in [0.15, 0.2) is 6.61 Å². The van der Waals surface area contributed by atoms with Gasteiger partial charge in [0.2, 0.25) is 0 Å². The predicted molar refractivity (Wildman–Crippen MR) is 113 cm³/mol. The van der Waals surface area contributed by atoms with Crippen molar-refractivity contribution in [1.82, 2.24) is 10.6 Å². The lowest BCUT2D eigenvalue weighted by Gasteiger charge is -2.56. The zero-order valence-corrected chi connectivity index (χ0v) is 17.3. The highest BCUT2D eigenvalue weighted by Crippen LogP contribution is 2.59. The molecule has 0 aliphatic heterocycles. The van der Waals surface area contributed by atoms with Gasteiger partial charge in [-0.25, -0.2) is 4.79 Å². The van der Waals surface area contributed by atoms with Crippen molar-refractivity contribution < 1.29 is 19.1 Å². The van der Waals surface area contributed by atoms with Gasteiger partial charge in [-0.05, 0) is 73.8 Å². The summed E-state index contributed by atoms with van der Waals surface area (Å²) in [4.78, 5) is 35.8. The Hall–Kier alpha value is -2.57. The zero-order chi connectivity index (χ0) is 21.0. The first-order chi connectivity index (χ1) is 14.5. The second-order valence-electron chi connectivity index (χ2n) is 9.35. The number of esters is 1. The molecule has 162 valence electrons. The third-order valence-electron chi connectivity index (χ3n) is 6.84. The highest BCUT2D eigenvalue weighted by atomic mass is 16.5. The monoisotopic (exact) mass is 413 g/mol. The molecule has 0 spiro atoms. The van der Waals surface area contributed by atoms with E-state index in [-0.39, 0.29) is 36.9 Å². The Morgan fingerprint density at radius 3 is 2.20 bits per heavy atom. The van der Waals surface area contributed by atoms with E-state index in [1.54, 1.807) is 12.1 Å². The van der Waals surface area contributed by atoms with Crippen LogP contribution in [0, 0.1) is 23.2 Å². The number of carbonyl (C=O) groups is 3. The van der Waals surface area contributed by atoms with Crippen LogP contribution >= 0.6 is 0 Å². The SMILES string of the molecule is O=C(COC(=O)CCNC(=O)Nc1ccccc1)NCC12CC3CC(CC(C3)C1)C2. The second-order valence-corrected chi connectivity index (χ2v) is 9.35. The molecule has 0 atom stereocenters. The third-order valence-corrected chi connectivity index (χ3v) is 6.84. The van der Waals surface area contributed by atoms with E-state index < -0.39 is 5.97 Å². The molecular formula is C23H31N3O4. The molecule has 5 rings (SSSR count). The van der Waals surface area contributed by atoms with E-state index in [2.05, 4.69) is 16.0 Å². The fourth-order valence-electron chi connectivity index (χ4n) is 6.04. The predicted octanol–water partition coefficient (Wildman–Crippen LogP) is 3.07. The smallest absolute Gasteiger partial charge is 0.319 e. The number of hydrogen-bond donors (Lipinski definition) is 3. The second kappa shape index (κ2) is 9.06. The highest BCUT2D eigenvalue weighted by molar-refractivity contribution is 5.89. The van der Waals surface area contributed by atoms with Crippen LogP contribution in [0.5, 0.6) is 0 Å². The molecule has 0 radical (unpaired) electrons. The van der Waals surface area contributed by atoms with Gasteiger partial charge >= 0.3 is 12.0 Å². The van der Waals surface area contributed by atoms with Gasteiger partial charge in [-0.15, -0.1) is 0 Å². The largest absolute Gasteiger partial charge is 0.456 e. The van der Waals surface area contributed by atoms with Crippen LogP contribution in [0.25, 0.3) is 0 Å². The Bertz CT molecular complexity index is 745. The molecule has 3 N–H and O–H groups in total. The maximum Gasteiger partial charge on any atom is 0.319 e. The molecule has 0 saturated heterocycles. The van der Waals surface area contributed by atoms with Crippen LogP contribution in [-0.4, -0.2) is 37.6 Å². The fourth-order valence-corrected chi connectivity index (χ4v) is 6.04. The fraction of sp³-hybridized carbons (Fsp3) is 0.609. The van der Waals surface area contributed by atoms with Crippen molar-refractivity contribution >= 4 is 23.6 Å². The van der Waals surface area contributed by atoms with Gasteiger partial charge in [-0.3, -0.25) is 9.59 Å². The van der Waals surface area contributed by atoms with Crippen LogP contribution in [0.4, 0.5) is 10.5 Å². The van der Waals surface area contributed by atoms with Crippen LogP contribution in [-0.2, 0) is 14.3 Å². The minimum Gasteiger partial charge on any atom is -0.456 e. The summed E-state index contributed by atoms with van der Waals surface area (Å²) in [5.41, 5.74) is 0.943. The minimum absolute atomic E-state index is 0.0183. The zero-order valence-electron chi connectivity index (χ0n) is 17.3. The van der Waals surface area contributed by atoms with Crippen LogP contribution in [0.3, 0.4) is 0 Å². The maximum absolute atomic E-state index is 12.2. The summed E-state index contributed by atoms with van der Waals surface area (Å²) in [6.45, 7) is 0.585. The molecule has 0 heterocycles. The van der Waals surface area contributed by atoms with Crippen LogP contribution in [0.1, 0.15) is 44.9 Å². The first-order valence-electron chi connectivity index (χ1n) is 11.0. The topological polar surface area (TPSA) is 96.5 Å². The van der Waals surface area contributed by atoms with Crippen molar-refractivity contribution in [1.29, 1.82) is 0 Å². The van der Waals surface area contributed by atoms with Crippen molar-refractivity contribution in [3.05, 3.63) is 30.3 Å². The van der Waals surface area contributed by atoms with Gasteiger partial charge < -0.3 is 20.7 Å². The quantitative estimate of drug-likeness (QED) is 0.571. The summed E-state index contributed by atoms with van der Waals surface area (Å²) in [5.74, 6) is 1.79. The number of benzene rings is 1. The molecule has 1 aromatic carbocycles. The molecule has 4 bridgehead atoms. The molecule has 1 aromatic rings. The summed E-state index contributed by atoms with van der Waals surface area (Å²) < 4.78 is 5.05. The molecular weight excluding hydrogens is 382 g/mol. The highest BCUT2D eigenvalue weighted by Gasteiger charge is 2.50. The average molecular weight is 414 g/mol. The van der Waals surface area contributed by atoms with Gasteiger partial charge in [0.25, 0.3) is 5.91 Å². The van der Waals surface area contributed by atoms with Gasteiger partial charge in [0.05, 0.1) is 6.42 Å². The summed E-state index contributed by atoms with van der Waals surface area (Å²) in [6.07, 6.45) is 7.85. The lowest BCUT2D eigenvalue weighted by atomic mass is 9.49. The Morgan fingerprint density at radius 1 is 0.933 bits per heavy atom. The summed E-state index contributed by atoms with van der Waals surface area (Å²) >= 11 is 0. The maximum atomic E-state index is 12.2. The summed E-state index contributed by atoms with van der Waals surface area (Å²) in [7, 11) is 0. The summed E-state index contributed by atoms with van der Waals surface area (Å²) in [5, 5.41) is 8.27. The normalized spacial score (nSPS) is 28.6. The molecule has 7 nitrogen and oxygen atoms in total. The number of urea groups is 1. The summed E-state index contributed by atoms with van der Waals surface area (Å²) in [6, 6.07) is 8.66. The average Bonchev–Trinajstić information content (AvgIpc) is 2.70. The molecule has 4 saturated carbocycles. The first kappa shape index (κ1) is 20.7. The molecule has 4 aliphatic rings. The van der Waals surface area contributed by atoms with E-state index in [0.29, 0.717) is 12.2 Å². The molecule has 3 amide bonds. The van der Waals surface area contributed by atoms with E-state index in [0.717, 1.165) is 17.8 Å². The lowest BCUT2D eigenvalue weighted by molar-refractivity contribution is -0.148. The van der Waals surface area contributed by atoms with Crippen LogP contribution < -0.4 is 16.0 Å². The number of ether oxygens (including phenoxy) is 1. The molecule has 7 heteroatoms. The molecule has 30 heavy (non-hydrogen) atoms. The molecule has 0 aromatic heterocycles. The van der Waals surface area contributed by atoms with Gasteiger partial charge in [0.1, 0.15) is 0 Å². The van der Waals surface area contributed by atoms with E-state index in [1.807, 2.05) is 18.2 Å². The minimum atomic E-state index is -0.500.